The summed E-state index contributed by atoms with van der Waals surface area (Å²) in [5.74, 6) is 1.50. The number of halogens is 1. The number of hydrogen-bond acceptors (Lipinski definition) is 1. The highest BCUT2D eigenvalue weighted by molar-refractivity contribution is 6.17. The maximum atomic E-state index is 5.89. The van der Waals surface area contributed by atoms with Gasteiger partial charge in [0, 0.05) is 5.56 Å². The minimum atomic E-state index is 0.520. The lowest BCUT2D eigenvalue weighted by molar-refractivity contribution is 0.301. The first-order valence-corrected chi connectivity index (χ1v) is 6.60. The highest BCUT2D eigenvalue weighted by Gasteiger charge is 2.05. The van der Waals surface area contributed by atoms with Gasteiger partial charge in [0.25, 0.3) is 0 Å². The fourth-order valence-corrected chi connectivity index (χ4v) is 1.94. The first-order chi connectivity index (χ1) is 7.79. The number of hydrogen-bond donors (Lipinski definition) is 0. The lowest BCUT2D eigenvalue weighted by Crippen LogP contribution is -2.01. The standard InChI is InChI=1S/C14H21ClO/c1-3-4-5-6-10-16-14-12(2)8-7-9-13(14)11-15/h7-9H,3-6,10-11H2,1-2H3. The molecule has 90 valence electrons. The van der Waals surface area contributed by atoms with Gasteiger partial charge in [-0.3, -0.25) is 0 Å². The van der Waals surface area contributed by atoms with E-state index in [0.717, 1.165) is 24.3 Å². The average molecular weight is 241 g/mol. The van der Waals surface area contributed by atoms with Gasteiger partial charge in [0.2, 0.25) is 0 Å². The van der Waals surface area contributed by atoms with E-state index in [1.807, 2.05) is 12.1 Å². The lowest BCUT2D eigenvalue weighted by Gasteiger charge is -2.12. The van der Waals surface area contributed by atoms with Crippen LogP contribution in [0.15, 0.2) is 18.2 Å². The highest BCUT2D eigenvalue weighted by Crippen LogP contribution is 2.25. The lowest BCUT2D eigenvalue weighted by atomic mass is 10.1. The summed E-state index contributed by atoms with van der Waals surface area (Å²) in [6, 6.07) is 6.12. The van der Waals surface area contributed by atoms with E-state index in [0.29, 0.717) is 5.88 Å². The monoisotopic (exact) mass is 240 g/mol. The van der Waals surface area contributed by atoms with Crippen molar-refractivity contribution < 1.29 is 4.74 Å². The molecule has 0 spiro atoms. The Morgan fingerprint density at radius 1 is 1.19 bits per heavy atom. The predicted molar refractivity (Wildman–Crippen MR) is 70.4 cm³/mol. The number of benzene rings is 1. The predicted octanol–water partition coefficient (Wildman–Crippen LogP) is 4.69. The zero-order valence-corrected chi connectivity index (χ0v) is 11.0. The van der Waals surface area contributed by atoms with Gasteiger partial charge in [0.1, 0.15) is 5.75 Å². The third-order valence-corrected chi connectivity index (χ3v) is 2.97. The van der Waals surface area contributed by atoms with E-state index < -0.39 is 0 Å². The van der Waals surface area contributed by atoms with Crippen LogP contribution in [0.5, 0.6) is 5.75 Å². The number of alkyl halides is 1. The van der Waals surface area contributed by atoms with Crippen molar-refractivity contribution in [2.24, 2.45) is 0 Å². The van der Waals surface area contributed by atoms with E-state index in [2.05, 4.69) is 19.9 Å². The average Bonchev–Trinajstić information content (AvgIpc) is 2.30. The molecule has 0 aliphatic carbocycles. The van der Waals surface area contributed by atoms with Crippen molar-refractivity contribution in [3.05, 3.63) is 29.3 Å². The molecule has 0 atom stereocenters. The van der Waals surface area contributed by atoms with Crippen LogP contribution in [-0.2, 0) is 5.88 Å². The Morgan fingerprint density at radius 2 is 2.00 bits per heavy atom. The van der Waals surface area contributed by atoms with Gasteiger partial charge in [0.05, 0.1) is 12.5 Å². The number of aryl methyl sites for hydroxylation is 1. The van der Waals surface area contributed by atoms with E-state index in [4.69, 9.17) is 16.3 Å². The van der Waals surface area contributed by atoms with Crippen LogP contribution >= 0.6 is 11.6 Å². The molecule has 1 nitrogen and oxygen atoms in total. The maximum Gasteiger partial charge on any atom is 0.126 e. The SMILES string of the molecule is CCCCCCOc1c(C)cccc1CCl. The van der Waals surface area contributed by atoms with Crippen molar-refractivity contribution in [1.29, 1.82) is 0 Å². The fraction of sp³-hybridized carbons (Fsp3) is 0.571. The minimum absolute atomic E-state index is 0.520. The topological polar surface area (TPSA) is 9.23 Å². The third-order valence-electron chi connectivity index (χ3n) is 2.68. The van der Waals surface area contributed by atoms with Gasteiger partial charge in [-0.15, -0.1) is 11.6 Å². The molecule has 0 heterocycles. The molecule has 1 rings (SSSR count). The molecule has 1 aromatic rings. The number of rotatable bonds is 7. The summed E-state index contributed by atoms with van der Waals surface area (Å²) in [5, 5.41) is 0. The van der Waals surface area contributed by atoms with E-state index in [-0.39, 0.29) is 0 Å². The minimum Gasteiger partial charge on any atom is -0.493 e. The molecule has 0 aliphatic rings. The molecule has 0 fully saturated rings. The summed E-state index contributed by atoms with van der Waals surface area (Å²) in [6.45, 7) is 5.08. The molecule has 0 amide bonds. The van der Waals surface area contributed by atoms with Crippen molar-refractivity contribution in [1.82, 2.24) is 0 Å². The largest absolute Gasteiger partial charge is 0.493 e. The first-order valence-electron chi connectivity index (χ1n) is 6.06. The van der Waals surface area contributed by atoms with Crippen LogP contribution in [0.4, 0.5) is 0 Å². The van der Waals surface area contributed by atoms with E-state index in [9.17, 15) is 0 Å². The van der Waals surface area contributed by atoms with Crippen LogP contribution in [0.2, 0.25) is 0 Å². The zero-order valence-electron chi connectivity index (χ0n) is 10.3. The van der Waals surface area contributed by atoms with Crippen LogP contribution in [0.25, 0.3) is 0 Å². The quantitative estimate of drug-likeness (QED) is 0.496. The van der Waals surface area contributed by atoms with E-state index in [1.54, 1.807) is 0 Å². The summed E-state index contributed by atoms with van der Waals surface area (Å²) in [7, 11) is 0. The van der Waals surface area contributed by atoms with Crippen LogP contribution in [0.3, 0.4) is 0 Å². The molecule has 0 aromatic heterocycles. The van der Waals surface area contributed by atoms with E-state index >= 15 is 0 Å². The fourth-order valence-electron chi connectivity index (χ4n) is 1.73. The smallest absolute Gasteiger partial charge is 0.126 e. The zero-order chi connectivity index (χ0) is 11.8. The molecule has 0 saturated heterocycles. The number of para-hydroxylation sites is 1. The Morgan fingerprint density at radius 3 is 2.69 bits per heavy atom. The Hall–Kier alpha value is -0.690. The Labute approximate surface area is 104 Å². The van der Waals surface area contributed by atoms with Crippen molar-refractivity contribution in [3.8, 4) is 5.75 Å². The highest BCUT2D eigenvalue weighted by atomic mass is 35.5. The van der Waals surface area contributed by atoms with Crippen LogP contribution in [0, 0.1) is 6.92 Å². The molecule has 0 radical (unpaired) electrons. The van der Waals surface area contributed by atoms with Crippen molar-refractivity contribution >= 4 is 11.6 Å². The van der Waals surface area contributed by atoms with Gasteiger partial charge in [-0.05, 0) is 18.9 Å². The first kappa shape index (κ1) is 13.4. The van der Waals surface area contributed by atoms with Gasteiger partial charge in [-0.2, -0.15) is 0 Å². The molecular formula is C14H21ClO. The van der Waals surface area contributed by atoms with Crippen LogP contribution in [0.1, 0.15) is 43.7 Å². The van der Waals surface area contributed by atoms with Gasteiger partial charge >= 0.3 is 0 Å². The summed E-state index contributed by atoms with van der Waals surface area (Å²) in [5.41, 5.74) is 2.27. The Bertz CT molecular complexity index is 310. The molecule has 0 bridgehead atoms. The molecule has 2 heteroatoms. The molecule has 1 aromatic carbocycles. The van der Waals surface area contributed by atoms with Crippen LogP contribution < -0.4 is 4.74 Å². The summed E-state index contributed by atoms with van der Waals surface area (Å²) in [4.78, 5) is 0. The van der Waals surface area contributed by atoms with Crippen molar-refractivity contribution in [2.45, 2.75) is 45.4 Å². The Kier molecular flexibility index (Phi) is 6.32. The third kappa shape index (κ3) is 4.05. The molecular weight excluding hydrogens is 220 g/mol. The van der Waals surface area contributed by atoms with Gasteiger partial charge in [-0.1, -0.05) is 44.4 Å². The summed E-state index contributed by atoms with van der Waals surface area (Å²) in [6.07, 6.45) is 4.93. The van der Waals surface area contributed by atoms with Gasteiger partial charge in [0.15, 0.2) is 0 Å². The number of unbranched alkanes of at least 4 members (excludes halogenated alkanes) is 3. The van der Waals surface area contributed by atoms with Gasteiger partial charge < -0.3 is 4.74 Å². The second kappa shape index (κ2) is 7.56. The molecule has 0 unspecified atom stereocenters. The Balaban J connectivity index is 2.46. The second-order valence-electron chi connectivity index (χ2n) is 4.11. The maximum absolute atomic E-state index is 5.89. The van der Waals surface area contributed by atoms with Crippen LogP contribution in [-0.4, -0.2) is 6.61 Å². The molecule has 16 heavy (non-hydrogen) atoms. The molecule has 0 aliphatic heterocycles. The van der Waals surface area contributed by atoms with Crippen molar-refractivity contribution in [3.63, 3.8) is 0 Å². The summed E-state index contributed by atoms with van der Waals surface area (Å²) >= 11 is 5.89. The summed E-state index contributed by atoms with van der Waals surface area (Å²) < 4.78 is 5.82. The number of ether oxygens (including phenoxy) is 1. The molecule has 0 N–H and O–H groups in total. The van der Waals surface area contributed by atoms with Crippen molar-refractivity contribution in [2.75, 3.05) is 6.61 Å². The van der Waals surface area contributed by atoms with E-state index in [1.165, 1.54) is 24.8 Å². The second-order valence-corrected chi connectivity index (χ2v) is 4.37. The molecule has 0 saturated carbocycles. The normalized spacial score (nSPS) is 10.4. The van der Waals surface area contributed by atoms with Gasteiger partial charge in [-0.25, -0.2) is 0 Å².